The van der Waals surface area contributed by atoms with Crippen LogP contribution in [0.2, 0.25) is 0 Å². The van der Waals surface area contributed by atoms with Gasteiger partial charge in [0.15, 0.2) is 5.82 Å². The maximum Gasteiger partial charge on any atom is 0.260 e. The molecule has 5 aromatic rings. The zero-order valence-corrected chi connectivity index (χ0v) is 21.0. The van der Waals surface area contributed by atoms with Crippen molar-refractivity contribution >= 4 is 21.4 Å². The highest BCUT2D eigenvalue weighted by Crippen LogP contribution is 2.44. The number of pyridine rings is 1. The molecule has 180 valence electrons. The zero-order chi connectivity index (χ0) is 24.5. The highest BCUT2D eigenvalue weighted by atomic mass is 32.1. The van der Waals surface area contributed by atoms with E-state index in [4.69, 9.17) is 5.10 Å². The molecule has 0 aliphatic rings. The summed E-state index contributed by atoms with van der Waals surface area (Å²) in [5, 5.41) is 14.9. The summed E-state index contributed by atoms with van der Waals surface area (Å²) in [6.45, 7) is 4.82. The van der Waals surface area contributed by atoms with Crippen molar-refractivity contribution in [2.45, 2.75) is 39.3 Å². The lowest BCUT2D eigenvalue weighted by Crippen LogP contribution is -2.23. The van der Waals surface area contributed by atoms with Crippen LogP contribution in [0.3, 0.4) is 0 Å². The SMILES string of the molecule is CC(C)n1ccc(-c2sc3cc(-c4nccn4C)n(CCCCO)c(=O)c3c2-c2ccccc2)n1. The molecule has 0 aliphatic carbocycles. The second kappa shape index (κ2) is 9.64. The highest BCUT2D eigenvalue weighted by Gasteiger charge is 2.24. The van der Waals surface area contributed by atoms with E-state index in [0.717, 1.165) is 37.9 Å². The van der Waals surface area contributed by atoms with Crippen LogP contribution in [0.4, 0.5) is 0 Å². The van der Waals surface area contributed by atoms with E-state index in [1.54, 1.807) is 17.5 Å². The number of fused-ring (bicyclic) bond motifs is 1. The van der Waals surface area contributed by atoms with Crippen LogP contribution in [-0.4, -0.2) is 35.6 Å². The number of imidazole rings is 1. The molecule has 0 saturated heterocycles. The number of nitrogens with zero attached hydrogens (tertiary/aromatic N) is 5. The molecule has 0 amide bonds. The first-order valence-electron chi connectivity index (χ1n) is 11.9. The van der Waals surface area contributed by atoms with Crippen LogP contribution in [0.1, 0.15) is 32.7 Å². The molecule has 4 aromatic heterocycles. The molecule has 0 unspecified atom stereocenters. The third-order valence-electron chi connectivity index (χ3n) is 6.23. The summed E-state index contributed by atoms with van der Waals surface area (Å²) in [6.07, 6.45) is 6.96. The second-order valence-corrected chi connectivity index (χ2v) is 10.0. The molecule has 1 N–H and O–H groups in total. The fourth-order valence-electron chi connectivity index (χ4n) is 4.42. The molecule has 1 aromatic carbocycles. The van der Waals surface area contributed by atoms with Gasteiger partial charge < -0.3 is 14.2 Å². The quantitative estimate of drug-likeness (QED) is 0.299. The van der Waals surface area contributed by atoms with Crippen LogP contribution in [0.5, 0.6) is 0 Å². The molecule has 0 bridgehead atoms. The van der Waals surface area contributed by atoms with Crippen LogP contribution in [0.25, 0.3) is 43.3 Å². The van der Waals surface area contributed by atoms with Gasteiger partial charge in [-0.2, -0.15) is 5.10 Å². The number of aliphatic hydroxyl groups excluding tert-OH is 1. The van der Waals surface area contributed by atoms with Gasteiger partial charge in [0.05, 0.1) is 16.0 Å². The second-order valence-electron chi connectivity index (χ2n) is 8.97. The fraction of sp³-hybridized carbons (Fsp3) is 0.296. The molecule has 0 spiro atoms. The average molecular weight is 488 g/mol. The van der Waals surface area contributed by atoms with E-state index < -0.39 is 0 Å². The Morgan fingerprint density at radius 3 is 2.54 bits per heavy atom. The minimum Gasteiger partial charge on any atom is -0.396 e. The van der Waals surface area contributed by atoms with Crippen LogP contribution in [0, 0.1) is 0 Å². The summed E-state index contributed by atoms with van der Waals surface area (Å²) in [5.41, 5.74) is 3.53. The van der Waals surface area contributed by atoms with Crippen molar-refractivity contribution < 1.29 is 5.11 Å². The smallest absolute Gasteiger partial charge is 0.260 e. The van der Waals surface area contributed by atoms with E-state index in [1.165, 1.54) is 0 Å². The maximum atomic E-state index is 14.1. The van der Waals surface area contributed by atoms with Crippen LogP contribution >= 0.6 is 11.3 Å². The van der Waals surface area contributed by atoms with Gasteiger partial charge in [0, 0.05) is 55.1 Å². The maximum absolute atomic E-state index is 14.1. The molecular formula is C27H29N5O2S. The molecule has 35 heavy (non-hydrogen) atoms. The lowest BCUT2D eigenvalue weighted by molar-refractivity contribution is 0.281. The molecule has 0 atom stereocenters. The topological polar surface area (TPSA) is 77.9 Å². The number of hydrogen-bond donors (Lipinski definition) is 1. The van der Waals surface area contributed by atoms with E-state index in [9.17, 15) is 9.90 Å². The monoisotopic (exact) mass is 487 g/mol. The highest BCUT2D eigenvalue weighted by molar-refractivity contribution is 7.23. The number of rotatable bonds is 8. The van der Waals surface area contributed by atoms with E-state index >= 15 is 0 Å². The predicted molar refractivity (Wildman–Crippen MR) is 142 cm³/mol. The lowest BCUT2D eigenvalue weighted by Gasteiger charge is -2.14. The Morgan fingerprint density at radius 2 is 1.89 bits per heavy atom. The van der Waals surface area contributed by atoms with Crippen molar-refractivity contribution in [1.82, 2.24) is 23.9 Å². The van der Waals surface area contributed by atoms with E-state index in [-0.39, 0.29) is 18.2 Å². The van der Waals surface area contributed by atoms with Gasteiger partial charge in [-0.3, -0.25) is 9.48 Å². The normalized spacial score (nSPS) is 11.7. The number of thiophene rings is 1. The van der Waals surface area contributed by atoms with Crippen molar-refractivity contribution in [1.29, 1.82) is 0 Å². The zero-order valence-electron chi connectivity index (χ0n) is 20.2. The van der Waals surface area contributed by atoms with E-state index in [2.05, 4.69) is 24.9 Å². The number of hydrogen-bond acceptors (Lipinski definition) is 5. The first-order chi connectivity index (χ1) is 17.0. The minimum absolute atomic E-state index is 0.0388. The van der Waals surface area contributed by atoms with Crippen molar-refractivity contribution in [3.63, 3.8) is 0 Å². The Hall–Kier alpha value is -3.49. The van der Waals surface area contributed by atoms with Gasteiger partial charge in [0.2, 0.25) is 0 Å². The third kappa shape index (κ3) is 4.24. The summed E-state index contributed by atoms with van der Waals surface area (Å²) in [7, 11) is 1.93. The molecule has 8 heteroatoms. The van der Waals surface area contributed by atoms with Gasteiger partial charge in [-0.1, -0.05) is 30.3 Å². The summed E-state index contributed by atoms with van der Waals surface area (Å²) in [6, 6.07) is 14.4. The number of aromatic nitrogens is 5. The van der Waals surface area contributed by atoms with E-state index in [1.807, 2.05) is 69.7 Å². The fourth-order valence-corrected chi connectivity index (χ4v) is 5.64. The Balaban J connectivity index is 1.82. The largest absolute Gasteiger partial charge is 0.396 e. The van der Waals surface area contributed by atoms with Crippen molar-refractivity contribution in [2.24, 2.45) is 7.05 Å². The van der Waals surface area contributed by atoms with Gasteiger partial charge in [-0.15, -0.1) is 11.3 Å². The summed E-state index contributed by atoms with van der Waals surface area (Å²) < 4.78 is 6.61. The molecule has 7 nitrogen and oxygen atoms in total. The van der Waals surface area contributed by atoms with Gasteiger partial charge in [-0.05, 0) is 44.4 Å². The van der Waals surface area contributed by atoms with Crippen LogP contribution < -0.4 is 5.56 Å². The number of benzene rings is 1. The molecule has 4 heterocycles. The Labute approximate surface area is 207 Å². The van der Waals surface area contributed by atoms with Crippen molar-refractivity contribution in [2.75, 3.05) is 6.61 Å². The van der Waals surface area contributed by atoms with Crippen LogP contribution in [0.15, 0.2) is 65.8 Å². The van der Waals surface area contributed by atoms with E-state index in [0.29, 0.717) is 24.8 Å². The van der Waals surface area contributed by atoms with Crippen molar-refractivity contribution in [3.8, 4) is 33.2 Å². The number of aliphatic hydroxyl groups is 1. The summed E-state index contributed by atoms with van der Waals surface area (Å²) >= 11 is 1.60. The molecule has 5 rings (SSSR count). The molecular weight excluding hydrogens is 458 g/mol. The number of unbranched alkanes of at least 4 members (excludes halogenated alkanes) is 1. The Kier molecular flexibility index (Phi) is 6.40. The minimum atomic E-state index is -0.0388. The molecule has 0 fully saturated rings. The Bertz CT molecular complexity index is 1520. The van der Waals surface area contributed by atoms with Gasteiger partial charge in [0.25, 0.3) is 5.56 Å². The average Bonchev–Trinajstić information content (AvgIpc) is 3.59. The standard InChI is InChI=1S/C27H29N5O2S/c1-18(2)32-14-11-20(29-32)25-23(19-9-5-4-6-10-19)24-22(35-25)17-21(26-28-12-15-30(26)3)31(27(24)34)13-7-8-16-33/h4-6,9-12,14-15,17-18,33H,7-8,13,16H2,1-3H3. The van der Waals surface area contributed by atoms with Gasteiger partial charge in [-0.25, -0.2) is 4.98 Å². The summed E-state index contributed by atoms with van der Waals surface area (Å²) in [4.78, 5) is 19.7. The van der Waals surface area contributed by atoms with Gasteiger partial charge >= 0.3 is 0 Å². The molecule has 0 radical (unpaired) electrons. The molecule has 0 aliphatic heterocycles. The number of aryl methyl sites for hydroxylation is 1. The summed E-state index contributed by atoms with van der Waals surface area (Å²) in [5.74, 6) is 0.744. The first kappa shape index (κ1) is 23.3. The third-order valence-corrected chi connectivity index (χ3v) is 7.39. The predicted octanol–water partition coefficient (Wildman–Crippen LogP) is 5.35. The van der Waals surface area contributed by atoms with Gasteiger partial charge in [0.1, 0.15) is 5.69 Å². The Morgan fingerprint density at radius 1 is 1.09 bits per heavy atom. The lowest BCUT2D eigenvalue weighted by atomic mass is 10.0. The van der Waals surface area contributed by atoms with Crippen molar-refractivity contribution in [3.05, 3.63) is 71.4 Å². The van der Waals surface area contributed by atoms with Crippen LogP contribution in [-0.2, 0) is 13.6 Å². The molecule has 0 saturated carbocycles. The first-order valence-corrected chi connectivity index (χ1v) is 12.7.